The smallest absolute Gasteiger partial charge is 0.292 e. The van der Waals surface area contributed by atoms with Gasteiger partial charge in [-0.3, -0.25) is 14.4 Å². The SMILES string of the molecule is Cc1cc(C(=O)N2CCN(C(=O)c3ccccc3OCC(=O)Nc3ccccc3F)CC2)on1. The van der Waals surface area contributed by atoms with Gasteiger partial charge < -0.3 is 24.4 Å². The number of ether oxygens (including phenoxy) is 1. The zero-order chi connectivity index (χ0) is 24.1. The Kier molecular flexibility index (Phi) is 6.86. The molecule has 2 heterocycles. The van der Waals surface area contributed by atoms with E-state index in [1.807, 2.05) is 0 Å². The van der Waals surface area contributed by atoms with Crippen molar-refractivity contribution >= 4 is 23.4 Å². The maximum absolute atomic E-state index is 13.7. The quantitative estimate of drug-likeness (QED) is 0.599. The molecule has 4 rings (SSSR count). The molecule has 176 valence electrons. The average Bonchev–Trinajstić information content (AvgIpc) is 3.30. The van der Waals surface area contributed by atoms with Crippen LogP contribution in [0, 0.1) is 12.7 Å². The molecule has 10 heteroatoms. The van der Waals surface area contributed by atoms with E-state index in [0.717, 1.165) is 0 Å². The predicted octanol–water partition coefficient (Wildman–Crippen LogP) is 2.74. The van der Waals surface area contributed by atoms with Gasteiger partial charge in [0.05, 0.1) is 16.9 Å². The number of halogens is 1. The zero-order valence-electron chi connectivity index (χ0n) is 18.5. The van der Waals surface area contributed by atoms with Crippen molar-refractivity contribution in [2.45, 2.75) is 6.92 Å². The summed E-state index contributed by atoms with van der Waals surface area (Å²) in [7, 11) is 0. The van der Waals surface area contributed by atoms with Crippen LogP contribution in [0.25, 0.3) is 0 Å². The number of hydrogen-bond donors (Lipinski definition) is 1. The lowest BCUT2D eigenvalue weighted by molar-refractivity contribution is -0.118. The number of hydrogen-bond acceptors (Lipinski definition) is 6. The molecule has 0 saturated carbocycles. The second-order valence-corrected chi connectivity index (χ2v) is 7.73. The van der Waals surface area contributed by atoms with E-state index >= 15 is 0 Å². The van der Waals surface area contributed by atoms with E-state index in [0.29, 0.717) is 37.4 Å². The molecule has 1 aliphatic heterocycles. The maximum atomic E-state index is 13.7. The minimum Gasteiger partial charge on any atom is -0.483 e. The fraction of sp³-hybridized carbons (Fsp3) is 0.250. The van der Waals surface area contributed by atoms with Crippen molar-refractivity contribution in [3.8, 4) is 5.75 Å². The minimum atomic E-state index is -0.554. The number of para-hydroxylation sites is 2. The van der Waals surface area contributed by atoms with Crippen LogP contribution in [-0.2, 0) is 4.79 Å². The summed E-state index contributed by atoms with van der Waals surface area (Å²) in [6.45, 7) is 2.70. The van der Waals surface area contributed by atoms with Crippen LogP contribution in [0.2, 0.25) is 0 Å². The van der Waals surface area contributed by atoms with Crippen molar-refractivity contribution in [1.82, 2.24) is 15.0 Å². The van der Waals surface area contributed by atoms with E-state index in [9.17, 15) is 18.8 Å². The molecule has 0 spiro atoms. The van der Waals surface area contributed by atoms with Crippen molar-refractivity contribution in [3.63, 3.8) is 0 Å². The van der Waals surface area contributed by atoms with E-state index in [4.69, 9.17) is 9.26 Å². The second kappa shape index (κ2) is 10.2. The third-order valence-corrected chi connectivity index (χ3v) is 5.32. The van der Waals surface area contributed by atoms with E-state index < -0.39 is 18.3 Å². The highest BCUT2D eigenvalue weighted by Gasteiger charge is 2.28. The lowest BCUT2D eigenvalue weighted by Gasteiger charge is -2.34. The first-order valence-electron chi connectivity index (χ1n) is 10.7. The summed E-state index contributed by atoms with van der Waals surface area (Å²) in [4.78, 5) is 41.1. The number of rotatable bonds is 6. The van der Waals surface area contributed by atoms with Gasteiger partial charge in [0.1, 0.15) is 11.6 Å². The molecule has 1 aliphatic rings. The van der Waals surface area contributed by atoms with Crippen LogP contribution in [0.3, 0.4) is 0 Å². The van der Waals surface area contributed by atoms with Gasteiger partial charge in [-0.25, -0.2) is 4.39 Å². The van der Waals surface area contributed by atoms with Gasteiger partial charge >= 0.3 is 0 Å². The normalized spacial score (nSPS) is 13.5. The van der Waals surface area contributed by atoms with Crippen LogP contribution in [0.5, 0.6) is 5.75 Å². The molecule has 0 atom stereocenters. The van der Waals surface area contributed by atoms with Gasteiger partial charge in [0.15, 0.2) is 6.61 Å². The van der Waals surface area contributed by atoms with Crippen LogP contribution in [0.4, 0.5) is 10.1 Å². The molecule has 1 aromatic heterocycles. The molecule has 1 N–H and O–H groups in total. The van der Waals surface area contributed by atoms with Crippen molar-refractivity contribution in [2.24, 2.45) is 0 Å². The molecule has 9 nitrogen and oxygen atoms in total. The molecule has 3 aromatic rings. The second-order valence-electron chi connectivity index (χ2n) is 7.73. The number of amides is 3. The topological polar surface area (TPSA) is 105 Å². The average molecular weight is 466 g/mol. The van der Waals surface area contributed by atoms with E-state index in [2.05, 4.69) is 10.5 Å². The highest BCUT2D eigenvalue weighted by atomic mass is 19.1. The highest BCUT2D eigenvalue weighted by molar-refractivity contribution is 5.98. The summed E-state index contributed by atoms with van der Waals surface area (Å²) >= 11 is 0. The Bertz CT molecular complexity index is 1200. The fourth-order valence-corrected chi connectivity index (χ4v) is 3.56. The van der Waals surface area contributed by atoms with Gasteiger partial charge in [-0.05, 0) is 31.2 Å². The molecular weight excluding hydrogens is 443 g/mol. The van der Waals surface area contributed by atoms with Gasteiger partial charge in [0.25, 0.3) is 17.7 Å². The summed E-state index contributed by atoms with van der Waals surface area (Å²) in [5, 5.41) is 6.17. The third kappa shape index (κ3) is 5.22. The summed E-state index contributed by atoms with van der Waals surface area (Å²) < 4.78 is 24.3. The summed E-state index contributed by atoms with van der Waals surface area (Å²) in [6, 6.07) is 14.0. The number of benzene rings is 2. The third-order valence-electron chi connectivity index (χ3n) is 5.32. The number of nitrogens with zero attached hydrogens (tertiary/aromatic N) is 3. The monoisotopic (exact) mass is 466 g/mol. The molecule has 0 aliphatic carbocycles. The Morgan fingerprint density at radius 3 is 2.32 bits per heavy atom. The summed E-state index contributed by atoms with van der Waals surface area (Å²) in [5.41, 5.74) is 0.969. The first kappa shape index (κ1) is 23.0. The van der Waals surface area contributed by atoms with Crippen LogP contribution < -0.4 is 10.1 Å². The van der Waals surface area contributed by atoms with Gasteiger partial charge in [0, 0.05) is 32.2 Å². The molecule has 1 saturated heterocycles. The lowest BCUT2D eigenvalue weighted by atomic mass is 10.1. The van der Waals surface area contributed by atoms with Gasteiger partial charge in [0.2, 0.25) is 5.76 Å². The molecule has 1 fully saturated rings. The number of anilines is 1. The number of carbonyl (C=O) groups is 3. The summed E-state index contributed by atoms with van der Waals surface area (Å²) in [5.74, 6) is -1.23. The Hall–Kier alpha value is -4.21. The van der Waals surface area contributed by atoms with E-state index in [1.165, 1.54) is 18.2 Å². The number of nitrogens with one attached hydrogen (secondary N) is 1. The fourth-order valence-electron chi connectivity index (χ4n) is 3.56. The molecule has 2 aromatic carbocycles. The first-order valence-corrected chi connectivity index (χ1v) is 10.7. The zero-order valence-corrected chi connectivity index (χ0v) is 18.5. The Balaban J connectivity index is 1.35. The van der Waals surface area contributed by atoms with Crippen LogP contribution >= 0.6 is 0 Å². The largest absolute Gasteiger partial charge is 0.483 e. The van der Waals surface area contributed by atoms with Crippen molar-refractivity contribution in [2.75, 3.05) is 38.1 Å². The van der Waals surface area contributed by atoms with Crippen molar-refractivity contribution < 1.29 is 28.0 Å². The molecule has 0 unspecified atom stereocenters. The maximum Gasteiger partial charge on any atom is 0.292 e. The van der Waals surface area contributed by atoms with Crippen LogP contribution in [-0.4, -0.2) is 65.5 Å². The highest BCUT2D eigenvalue weighted by Crippen LogP contribution is 2.21. The Morgan fingerprint density at radius 1 is 1.00 bits per heavy atom. The summed E-state index contributed by atoms with van der Waals surface area (Å²) in [6.07, 6.45) is 0. The number of aromatic nitrogens is 1. The van der Waals surface area contributed by atoms with E-state index in [1.54, 1.807) is 53.1 Å². The van der Waals surface area contributed by atoms with Gasteiger partial charge in [-0.2, -0.15) is 0 Å². The molecule has 0 bridgehead atoms. The number of carbonyl (C=O) groups excluding carboxylic acids is 3. The Labute approximate surface area is 195 Å². The molecular formula is C24H23FN4O5. The van der Waals surface area contributed by atoms with Crippen molar-refractivity contribution in [1.29, 1.82) is 0 Å². The molecule has 0 radical (unpaired) electrons. The van der Waals surface area contributed by atoms with E-state index in [-0.39, 0.29) is 29.0 Å². The standard InChI is InChI=1S/C24H23FN4O5/c1-16-14-21(34-27-16)24(32)29-12-10-28(11-13-29)23(31)17-6-2-5-9-20(17)33-15-22(30)26-19-8-4-3-7-18(19)25/h2-9,14H,10-13,15H2,1H3,(H,26,30). The Morgan fingerprint density at radius 2 is 1.65 bits per heavy atom. The molecule has 34 heavy (non-hydrogen) atoms. The van der Waals surface area contributed by atoms with Crippen molar-refractivity contribution in [3.05, 3.63) is 77.4 Å². The minimum absolute atomic E-state index is 0.0494. The van der Waals surface area contributed by atoms with Gasteiger partial charge in [-0.1, -0.05) is 29.4 Å². The number of piperazine rings is 1. The number of aryl methyl sites for hydroxylation is 1. The van der Waals surface area contributed by atoms with Gasteiger partial charge in [-0.15, -0.1) is 0 Å². The van der Waals surface area contributed by atoms with Crippen LogP contribution in [0.15, 0.2) is 59.1 Å². The first-order chi connectivity index (χ1) is 16.4. The molecule has 3 amide bonds. The predicted molar refractivity (Wildman–Crippen MR) is 120 cm³/mol. The lowest BCUT2D eigenvalue weighted by Crippen LogP contribution is -2.50. The van der Waals surface area contributed by atoms with Crippen LogP contribution in [0.1, 0.15) is 26.6 Å².